The molecule has 1 heterocycles. The number of thiophene rings is 1. The van der Waals surface area contributed by atoms with Crippen molar-refractivity contribution in [2.75, 3.05) is 13.2 Å². The van der Waals surface area contributed by atoms with E-state index in [-0.39, 0.29) is 0 Å². The summed E-state index contributed by atoms with van der Waals surface area (Å²) < 4.78 is 5.86. The SMILES string of the molecule is CCc1ccsc1CNCC(O)COC1CCCC(C)C1. The van der Waals surface area contributed by atoms with Crippen molar-refractivity contribution in [3.8, 4) is 0 Å². The third-order valence-electron chi connectivity index (χ3n) is 4.30. The van der Waals surface area contributed by atoms with E-state index in [2.05, 4.69) is 30.6 Å². The molecular weight excluding hydrogens is 282 g/mol. The first kappa shape index (κ1) is 16.9. The molecule has 3 atom stereocenters. The van der Waals surface area contributed by atoms with Crippen LogP contribution in [-0.4, -0.2) is 30.5 Å². The molecule has 2 N–H and O–H groups in total. The maximum Gasteiger partial charge on any atom is 0.0897 e. The van der Waals surface area contributed by atoms with Gasteiger partial charge in [0.05, 0.1) is 18.8 Å². The van der Waals surface area contributed by atoms with E-state index in [4.69, 9.17) is 4.74 Å². The van der Waals surface area contributed by atoms with Gasteiger partial charge >= 0.3 is 0 Å². The Hall–Kier alpha value is -0.420. The van der Waals surface area contributed by atoms with E-state index in [1.807, 2.05) is 0 Å². The van der Waals surface area contributed by atoms with E-state index in [0.717, 1.165) is 31.7 Å². The van der Waals surface area contributed by atoms with Crippen LogP contribution in [0.2, 0.25) is 0 Å². The summed E-state index contributed by atoms with van der Waals surface area (Å²) in [5.74, 6) is 0.769. The Labute approximate surface area is 132 Å². The van der Waals surface area contributed by atoms with Gasteiger partial charge in [-0.2, -0.15) is 0 Å². The van der Waals surface area contributed by atoms with Crippen LogP contribution in [0.15, 0.2) is 11.4 Å². The Morgan fingerprint density at radius 3 is 3.10 bits per heavy atom. The maximum atomic E-state index is 10.0. The molecule has 1 aromatic heterocycles. The van der Waals surface area contributed by atoms with Gasteiger partial charge in [-0.25, -0.2) is 0 Å². The Balaban J connectivity index is 1.60. The molecule has 2 rings (SSSR count). The zero-order chi connectivity index (χ0) is 15.1. The van der Waals surface area contributed by atoms with Crippen LogP contribution >= 0.6 is 11.3 Å². The van der Waals surface area contributed by atoms with Gasteiger partial charge in [-0.3, -0.25) is 0 Å². The van der Waals surface area contributed by atoms with Crippen molar-refractivity contribution in [1.82, 2.24) is 5.32 Å². The van der Waals surface area contributed by atoms with E-state index in [0.29, 0.717) is 19.3 Å². The molecule has 4 heteroatoms. The van der Waals surface area contributed by atoms with E-state index >= 15 is 0 Å². The number of aliphatic hydroxyl groups is 1. The van der Waals surface area contributed by atoms with Crippen molar-refractivity contribution in [2.24, 2.45) is 5.92 Å². The molecule has 1 saturated carbocycles. The molecule has 1 aliphatic rings. The molecule has 21 heavy (non-hydrogen) atoms. The molecule has 0 saturated heterocycles. The molecule has 120 valence electrons. The Morgan fingerprint density at radius 2 is 2.33 bits per heavy atom. The van der Waals surface area contributed by atoms with Gasteiger partial charge < -0.3 is 15.2 Å². The number of hydrogen-bond acceptors (Lipinski definition) is 4. The predicted octanol–water partition coefficient (Wildman–Crippen LogP) is 3.36. The summed E-state index contributed by atoms with van der Waals surface area (Å²) in [6, 6.07) is 2.19. The van der Waals surface area contributed by atoms with Crippen molar-refractivity contribution >= 4 is 11.3 Å². The lowest BCUT2D eigenvalue weighted by Crippen LogP contribution is -2.33. The first-order chi connectivity index (χ1) is 10.2. The van der Waals surface area contributed by atoms with Gasteiger partial charge in [0.15, 0.2) is 0 Å². The normalized spacial score (nSPS) is 24.1. The standard InChI is InChI=1S/C17H29NO2S/c1-3-14-7-8-21-17(14)11-18-10-15(19)12-20-16-6-4-5-13(2)9-16/h7-8,13,15-16,18-19H,3-6,9-12H2,1-2H3. The lowest BCUT2D eigenvalue weighted by Gasteiger charge is -2.27. The minimum Gasteiger partial charge on any atom is -0.389 e. The fourth-order valence-corrected chi connectivity index (χ4v) is 3.97. The average molecular weight is 311 g/mol. The minimum absolute atomic E-state index is 0.354. The van der Waals surface area contributed by atoms with Crippen LogP contribution < -0.4 is 5.32 Å². The van der Waals surface area contributed by atoms with Crippen LogP contribution in [-0.2, 0) is 17.7 Å². The number of aliphatic hydroxyl groups excluding tert-OH is 1. The highest BCUT2D eigenvalue weighted by Crippen LogP contribution is 2.25. The van der Waals surface area contributed by atoms with Crippen LogP contribution in [0.25, 0.3) is 0 Å². The number of hydrogen-bond donors (Lipinski definition) is 2. The Bertz CT molecular complexity index is 407. The first-order valence-electron chi connectivity index (χ1n) is 8.24. The second-order valence-electron chi connectivity index (χ2n) is 6.23. The summed E-state index contributed by atoms with van der Waals surface area (Å²) in [7, 11) is 0. The van der Waals surface area contributed by atoms with E-state index in [1.54, 1.807) is 11.3 Å². The van der Waals surface area contributed by atoms with E-state index in [1.165, 1.54) is 23.3 Å². The highest BCUT2D eigenvalue weighted by Gasteiger charge is 2.20. The van der Waals surface area contributed by atoms with Gasteiger partial charge in [-0.1, -0.05) is 26.7 Å². The number of aryl methyl sites for hydroxylation is 1. The van der Waals surface area contributed by atoms with Gasteiger partial charge in [-0.15, -0.1) is 11.3 Å². The molecule has 0 amide bonds. The summed E-state index contributed by atoms with van der Waals surface area (Å²) in [5.41, 5.74) is 1.41. The van der Waals surface area contributed by atoms with Gasteiger partial charge in [0.25, 0.3) is 0 Å². The second-order valence-corrected chi connectivity index (χ2v) is 7.24. The summed E-state index contributed by atoms with van der Waals surface area (Å²) in [5, 5.41) is 15.5. The number of ether oxygens (including phenoxy) is 1. The fraction of sp³-hybridized carbons (Fsp3) is 0.765. The zero-order valence-electron chi connectivity index (χ0n) is 13.3. The molecular formula is C17H29NO2S. The molecule has 0 radical (unpaired) electrons. The Morgan fingerprint density at radius 1 is 1.48 bits per heavy atom. The van der Waals surface area contributed by atoms with Crippen molar-refractivity contribution in [2.45, 2.75) is 64.7 Å². The van der Waals surface area contributed by atoms with Crippen molar-refractivity contribution in [3.05, 3.63) is 21.9 Å². The van der Waals surface area contributed by atoms with Crippen molar-refractivity contribution in [3.63, 3.8) is 0 Å². The van der Waals surface area contributed by atoms with Crippen LogP contribution in [0.3, 0.4) is 0 Å². The summed E-state index contributed by atoms with van der Waals surface area (Å²) >= 11 is 1.79. The lowest BCUT2D eigenvalue weighted by molar-refractivity contribution is -0.0306. The van der Waals surface area contributed by atoms with Crippen LogP contribution in [0.4, 0.5) is 0 Å². The predicted molar refractivity (Wildman–Crippen MR) is 88.8 cm³/mol. The van der Waals surface area contributed by atoms with Crippen LogP contribution in [0.1, 0.15) is 50.0 Å². The van der Waals surface area contributed by atoms with Crippen LogP contribution in [0.5, 0.6) is 0 Å². The third kappa shape index (κ3) is 5.70. The molecule has 3 nitrogen and oxygen atoms in total. The Kier molecular flexibility index (Phi) is 7.17. The van der Waals surface area contributed by atoms with Crippen molar-refractivity contribution in [1.29, 1.82) is 0 Å². The highest BCUT2D eigenvalue weighted by molar-refractivity contribution is 7.10. The van der Waals surface area contributed by atoms with Gasteiger partial charge in [0.2, 0.25) is 0 Å². The molecule has 1 aromatic rings. The quantitative estimate of drug-likeness (QED) is 0.773. The average Bonchev–Trinajstić information content (AvgIpc) is 2.93. The number of rotatable bonds is 8. The monoisotopic (exact) mass is 311 g/mol. The number of nitrogens with one attached hydrogen (secondary N) is 1. The maximum absolute atomic E-state index is 10.0. The summed E-state index contributed by atoms with van der Waals surface area (Å²) in [6.07, 6.45) is 5.91. The smallest absolute Gasteiger partial charge is 0.0897 e. The zero-order valence-corrected chi connectivity index (χ0v) is 14.1. The molecule has 1 fully saturated rings. The lowest BCUT2D eigenvalue weighted by atomic mass is 9.89. The topological polar surface area (TPSA) is 41.5 Å². The van der Waals surface area contributed by atoms with Gasteiger partial charge in [0.1, 0.15) is 0 Å². The highest BCUT2D eigenvalue weighted by atomic mass is 32.1. The summed E-state index contributed by atoms with van der Waals surface area (Å²) in [6.45, 7) is 6.37. The van der Waals surface area contributed by atoms with Gasteiger partial charge in [-0.05, 0) is 42.2 Å². The fourth-order valence-electron chi connectivity index (χ4n) is 3.03. The third-order valence-corrected chi connectivity index (χ3v) is 5.26. The second kappa shape index (κ2) is 8.89. The molecule has 3 unspecified atom stereocenters. The van der Waals surface area contributed by atoms with Crippen LogP contribution in [0, 0.1) is 5.92 Å². The van der Waals surface area contributed by atoms with Crippen molar-refractivity contribution < 1.29 is 9.84 Å². The molecule has 0 spiro atoms. The minimum atomic E-state index is -0.410. The molecule has 1 aliphatic carbocycles. The molecule has 0 aromatic carbocycles. The largest absolute Gasteiger partial charge is 0.389 e. The van der Waals surface area contributed by atoms with E-state index in [9.17, 15) is 5.11 Å². The molecule has 0 aliphatic heterocycles. The van der Waals surface area contributed by atoms with Gasteiger partial charge in [0, 0.05) is 18.0 Å². The van der Waals surface area contributed by atoms with E-state index < -0.39 is 6.10 Å². The molecule has 0 bridgehead atoms. The first-order valence-corrected chi connectivity index (χ1v) is 9.12. The summed E-state index contributed by atoms with van der Waals surface area (Å²) in [4.78, 5) is 1.38.